The number of anilines is 1. The van der Waals surface area contributed by atoms with Gasteiger partial charge in [0.25, 0.3) is 0 Å². The number of fused-ring (bicyclic) bond motifs is 1. The van der Waals surface area contributed by atoms with Crippen molar-refractivity contribution in [3.63, 3.8) is 0 Å². The summed E-state index contributed by atoms with van der Waals surface area (Å²) in [4.78, 5) is 24.9. The largest absolute Gasteiger partial charge is 0.478 e. The average Bonchev–Trinajstić information content (AvgIpc) is 2.98. The lowest BCUT2D eigenvalue weighted by Crippen LogP contribution is -2.28. The third-order valence-corrected chi connectivity index (χ3v) is 4.32. The third kappa shape index (κ3) is 2.72. The number of hydrogen-bond acceptors (Lipinski definition) is 2. The Morgan fingerprint density at radius 3 is 2.43 bits per heavy atom. The second-order valence-corrected chi connectivity index (χ2v) is 5.83. The number of rotatable bonds is 3. The number of carbonyl (C=O) groups excluding carboxylic acids is 1. The van der Waals surface area contributed by atoms with Gasteiger partial charge in [-0.15, -0.1) is 0 Å². The van der Waals surface area contributed by atoms with Crippen LogP contribution in [0.15, 0.2) is 36.4 Å². The van der Waals surface area contributed by atoms with E-state index in [9.17, 15) is 9.59 Å². The summed E-state index contributed by atoms with van der Waals surface area (Å²) >= 11 is 0. The van der Waals surface area contributed by atoms with E-state index in [2.05, 4.69) is 12.1 Å². The molecule has 0 aliphatic carbocycles. The van der Waals surface area contributed by atoms with E-state index >= 15 is 0 Å². The van der Waals surface area contributed by atoms with Crippen LogP contribution in [0.25, 0.3) is 11.1 Å². The molecule has 118 valence electrons. The maximum Gasteiger partial charge on any atom is 0.335 e. The topological polar surface area (TPSA) is 57.6 Å². The molecule has 4 heteroatoms. The second kappa shape index (κ2) is 5.88. The molecule has 4 nitrogen and oxygen atoms in total. The van der Waals surface area contributed by atoms with Gasteiger partial charge in [0.05, 0.1) is 5.56 Å². The molecule has 0 bridgehead atoms. The van der Waals surface area contributed by atoms with Gasteiger partial charge in [0.1, 0.15) is 0 Å². The van der Waals surface area contributed by atoms with E-state index < -0.39 is 5.97 Å². The van der Waals surface area contributed by atoms with E-state index in [1.165, 1.54) is 5.56 Å². The minimum Gasteiger partial charge on any atom is -0.478 e. The van der Waals surface area contributed by atoms with Gasteiger partial charge in [0.15, 0.2) is 0 Å². The van der Waals surface area contributed by atoms with Crippen LogP contribution in [0.4, 0.5) is 5.69 Å². The van der Waals surface area contributed by atoms with Crippen LogP contribution >= 0.6 is 0 Å². The molecule has 0 unspecified atom stereocenters. The molecular formula is C19H19NO3. The lowest BCUT2D eigenvalue weighted by molar-refractivity contribution is -0.118. The summed E-state index contributed by atoms with van der Waals surface area (Å²) in [5, 5.41) is 8.98. The molecule has 1 aliphatic rings. The van der Waals surface area contributed by atoms with Gasteiger partial charge >= 0.3 is 5.97 Å². The quantitative estimate of drug-likeness (QED) is 0.941. The maximum absolute atomic E-state index is 12.1. The number of aryl methyl sites for hydroxylation is 1. The summed E-state index contributed by atoms with van der Waals surface area (Å²) in [6.07, 6.45) is 1.38. The highest BCUT2D eigenvalue weighted by atomic mass is 16.4. The monoisotopic (exact) mass is 309 g/mol. The third-order valence-electron chi connectivity index (χ3n) is 4.32. The molecule has 3 rings (SSSR count). The van der Waals surface area contributed by atoms with E-state index in [1.807, 2.05) is 30.9 Å². The summed E-state index contributed by atoms with van der Waals surface area (Å²) in [5.41, 5.74) is 5.64. The summed E-state index contributed by atoms with van der Waals surface area (Å²) < 4.78 is 0. The molecule has 0 fully saturated rings. The van der Waals surface area contributed by atoms with Crippen LogP contribution < -0.4 is 4.90 Å². The van der Waals surface area contributed by atoms with Crippen LogP contribution in [-0.4, -0.2) is 23.5 Å². The molecule has 1 aliphatic heterocycles. The van der Waals surface area contributed by atoms with E-state index in [1.54, 1.807) is 12.1 Å². The van der Waals surface area contributed by atoms with Gasteiger partial charge in [-0.05, 0) is 59.9 Å². The van der Waals surface area contributed by atoms with Gasteiger partial charge in [-0.2, -0.15) is 0 Å². The second-order valence-electron chi connectivity index (χ2n) is 5.83. The molecule has 1 N–H and O–H groups in total. The van der Waals surface area contributed by atoms with Crippen molar-refractivity contribution in [2.45, 2.75) is 26.7 Å². The maximum atomic E-state index is 12.1. The first-order chi connectivity index (χ1) is 11.0. The van der Waals surface area contributed by atoms with Crippen LogP contribution in [0.3, 0.4) is 0 Å². The van der Waals surface area contributed by atoms with Crippen LogP contribution in [0, 0.1) is 6.92 Å². The molecule has 2 aromatic rings. The van der Waals surface area contributed by atoms with Crippen molar-refractivity contribution in [1.29, 1.82) is 0 Å². The SMILES string of the molecule is CCC(=O)N1CCc2cc(-c3ccc(C(=O)O)cc3)cc(C)c21. The molecule has 1 heterocycles. The molecular weight excluding hydrogens is 290 g/mol. The van der Waals surface area contributed by atoms with Crippen molar-refractivity contribution in [3.8, 4) is 11.1 Å². The van der Waals surface area contributed by atoms with Gasteiger partial charge in [-0.1, -0.05) is 19.1 Å². The Balaban J connectivity index is 1.99. The van der Waals surface area contributed by atoms with Crippen LogP contribution in [-0.2, 0) is 11.2 Å². The first kappa shape index (κ1) is 15.3. The zero-order valence-electron chi connectivity index (χ0n) is 13.3. The van der Waals surface area contributed by atoms with Crippen molar-refractivity contribution < 1.29 is 14.7 Å². The van der Waals surface area contributed by atoms with Gasteiger partial charge in [0.2, 0.25) is 5.91 Å². The first-order valence-corrected chi connectivity index (χ1v) is 7.79. The zero-order valence-corrected chi connectivity index (χ0v) is 13.3. The smallest absolute Gasteiger partial charge is 0.335 e. The molecule has 0 saturated carbocycles. The predicted octanol–water partition coefficient (Wildman–Crippen LogP) is 3.66. The number of hydrogen-bond donors (Lipinski definition) is 1. The van der Waals surface area contributed by atoms with Crippen molar-refractivity contribution in [3.05, 3.63) is 53.1 Å². The fourth-order valence-corrected chi connectivity index (χ4v) is 3.19. The minimum absolute atomic E-state index is 0.158. The van der Waals surface area contributed by atoms with E-state index in [4.69, 9.17) is 5.11 Å². The van der Waals surface area contributed by atoms with Crippen molar-refractivity contribution in [2.75, 3.05) is 11.4 Å². The summed E-state index contributed by atoms with van der Waals surface area (Å²) in [6.45, 7) is 4.65. The van der Waals surface area contributed by atoms with E-state index in [0.717, 1.165) is 35.3 Å². The lowest BCUT2D eigenvalue weighted by atomic mass is 9.97. The molecule has 1 amide bonds. The average molecular weight is 309 g/mol. The van der Waals surface area contributed by atoms with Crippen LogP contribution in [0.5, 0.6) is 0 Å². The van der Waals surface area contributed by atoms with Crippen LogP contribution in [0.2, 0.25) is 0 Å². The Labute approximate surface area is 135 Å². The fraction of sp³-hybridized carbons (Fsp3) is 0.263. The zero-order chi connectivity index (χ0) is 16.6. The Kier molecular flexibility index (Phi) is 3.90. The predicted molar refractivity (Wildman–Crippen MR) is 89.9 cm³/mol. The standard InChI is InChI=1S/C19H19NO3/c1-3-17(21)20-9-8-15-11-16(10-12(2)18(15)20)13-4-6-14(7-5-13)19(22)23/h4-7,10-11H,3,8-9H2,1-2H3,(H,22,23). The van der Waals surface area contributed by atoms with E-state index in [0.29, 0.717) is 6.42 Å². The van der Waals surface area contributed by atoms with Gasteiger partial charge in [-0.25, -0.2) is 4.79 Å². The highest BCUT2D eigenvalue weighted by Crippen LogP contribution is 2.36. The summed E-state index contributed by atoms with van der Waals surface area (Å²) in [7, 11) is 0. The Morgan fingerprint density at radius 1 is 1.13 bits per heavy atom. The number of carboxylic acid groups (broad SMARTS) is 1. The summed E-state index contributed by atoms with van der Waals surface area (Å²) in [6, 6.07) is 11.1. The van der Waals surface area contributed by atoms with Crippen molar-refractivity contribution in [2.24, 2.45) is 0 Å². The van der Waals surface area contributed by atoms with Crippen molar-refractivity contribution >= 4 is 17.6 Å². The molecule has 0 atom stereocenters. The number of benzene rings is 2. The Morgan fingerprint density at radius 2 is 1.83 bits per heavy atom. The first-order valence-electron chi connectivity index (χ1n) is 7.79. The van der Waals surface area contributed by atoms with Gasteiger partial charge in [-0.3, -0.25) is 4.79 Å². The summed E-state index contributed by atoms with van der Waals surface area (Å²) in [5.74, 6) is -0.763. The number of amides is 1. The normalized spacial score (nSPS) is 13.0. The number of carboxylic acids is 1. The Bertz CT molecular complexity index is 778. The number of carbonyl (C=O) groups is 2. The minimum atomic E-state index is -0.921. The Hall–Kier alpha value is -2.62. The molecule has 0 aromatic heterocycles. The highest BCUT2D eigenvalue weighted by molar-refractivity contribution is 5.97. The molecule has 23 heavy (non-hydrogen) atoms. The molecule has 0 saturated heterocycles. The number of nitrogens with zero attached hydrogens (tertiary/aromatic N) is 1. The van der Waals surface area contributed by atoms with E-state index in [-0.39, 0.29) is 11.5 Å². The molecule has 2 aromatic carbocycles. The fourth-order valence-electron chi connectivity index (χ4n) is 3.19. The number of aromatic carboxylic acids is 1. The lowest BCUT2D eigenvalue weighted by Gasteiger charge is -2.19. The molecule has 0 spiro atoms. The van der Waals surface area contributed by atoms with Gasteiger partial charge in [0, 0.05) is 18.7 Å². The van der Waals surface area contributed by atoms with Gasteiger partial charge < -0.3 is 10.0 Å². The highest BCUT2D eigenvalue weighted by Gasteiger charge is 2.25. The molecule has 0 radical (unpaired) electrons. The van der Waals surface area contributed by atoms with Crippen molar-refractivity contribution in [1.82, 2.24) is 0 Å². The van der Waals surface area contributed by atoms with Crippen LogP contribution in [0.1, 0.15) is 34.8 Å².